The Balaban J connectivity index is 2.61. The van der Waals surface area contributed by atoms with Gasteiger partial charge in [-0.05, 0) is 6.42 Å². The first-order valence-electron chi connectivity index (χ1n) is 5.33. The number of halogens is 3. The molecule has 1 aromatic rings. The topological polar surface area (TPSA) is 29.1 Å². The number of carbonyl (C=O) groups is 1. The maximum Gasteiger partial charge on any atom is 0.222 e. The molecule has 1 N–H and O–H groups in total. The minimum atomic E-state index is -0.949. The molecule has 5 heteroatoms. The van der Waals surface area contributed by atoms with E-state index in [0.29, 0.717) is 12.1 Å². The third-order valence-electron chi connectivity index (χ3n) is 2.30. The molecule has 17 heavy (non-hydrogen) atoms. The lowest BCUT2D eigenvalue weighted by Gasteiger charge is -2.08. The van der Waals surface area contributed by atoms with Crippen LogP contribution in [0.1, 0.15) is 19.4 Å². The average Bonchev–Trinajstić information content (AvgIpc) is 2.21. The molecule has 0 saturated carbocycles. The van der Waals surface area contributed by atoms with Gasteiger partial charge < -0.3 is 5.32 Å². The number of benzene rings is 1. The normalized spacial score (nSPS) is 10.7. The summed E-state index contributed by atoms with van der Waals surface area (Å²) in [5.74, 6) is -3.18. The molecular weight excluding hydrogens is 231 g/mol. The Labute approximate surface area is 97.8 Å². The van der Waals surface area contributed by atoms with Gasteiger partial charge in [-0.25, -0.2) is 13.2 Å². The van der Waals surface area contributed by atoms with E-state index in [9.17, 15) is 18.0 Å². The van der Waals surface area contributed by atoms with Crippen molar-refractivity contribution in [3.8, 4) is 0 Å². The van der Waals surface area contributed by atoms with Crippen LogP contribution in [0.5, 0.6) is 0 Å². The fourth-order valence-electron chi connectivity index (χ4n) is 1.33. The lowest BCUT2D eigenvalue weighted by molar-refractivity contribution is -0.123. The zero-order valence-corrected chi connectivity index (χ0v) is 9.69. The third kappa shape index (κ3) is 3.76. The summed E-state index contributed by atoms with van der Waals surface area (Å²) in [6.45, 7) is 3.55. The zero-order valence-electron chi connectivity index (χ0n) is 9.69. The highest BCUT2D eigenvalue weighted by Gasteiger charge is 2.12. The summed E-state index contributed by atoms with van der Waals surface area (Å²) in [7, 11) is 0. The SMILES string of the molecule is CC(C)C(=O)NCCc1c(F)cc(F)cc1F. The Kier molecular flexibility index (Phi) is 4.54. The first-order chi connectivity index (χ1) is 7.91. The van der Waals surface area contributed by atoms with Gasteiger partial charge in [-0.1, -0.05) is 13.8 Å². The summed E-state index contributed by atoms with van der Waals surface area (Å²) in [5, 5.41) is 2.53. The maximum absolute atomic E-state index is 13.2. The second kappa shape index (κ2) is 5.70. The van der Waals surface area contributed by atoms with Crippen LogP contribution in [0.15, 0.2) is 12.1 Å². The van der Waals surface area contributed by atoms with E-state index in [0.717, 1.165) is 0 Å². The summed E-state index contributed by atoms with van der Waals surface area (Å²) < 4.78 is 39.0. The van der Waals surface area contributed by atoms with Crippen LogP contribution in [0, 0.1) is 23.4 Å². The highest BCUT2D eigenvalue weighted by atomic mass is 19.1. The van der Waals surface area contributed by atoms with Crippen LogP contribution < -0.4 is 5.32 Å². The lowest BCUT2D eigenvalue weighted by atomic mass is 10.1. The van der Waals surface area contributed by atoms with Crippen LogP contribution in [0.3, 0.4) is 0 Å². The van der Waals surface area contributed by atoms with E-state index in [1.807, 2.05) is 0 Å². The smallest absolute Gasteiger partial charge is 0.222 e. The molecule has 0 aliphatic rings. The van der Waals surface area contributed by atoms with Gasteiger partial charge in [0.1, 0.15) is 17.5 Å². The van der Waals surface area contributed by atoms with E-state index in [2.05, 4.69) is 5.32 Å². The number of nitrogens with one attached hydrogen (secondary N) is 1. The van der Waals surface area contributed by atoms with Crippen molar-refractivity contribution >= 4 is 5.91 Å². The van der Waals surface area contributed by atoms with Gasteiger partial charge in [0.15, 0.2) is 0 Å². The quantitative estimate of drug-likeness (QED) is 0.867. The predicted octanol–water partition coefficient (Wildman–Crippen LogP) is 2.42. The number of amides is 1. The Morgan fingerprint density at radius 3 is 2.24 bits per heavy atom. The highest BCUT2D eigenvalue weighted by molar-refractivity contribution is 5.77. The molecule has 0 atom stereocenters. The van der Waals surface area contributed by atoms with Crippen LogP contribution in [-0.4, -0.2) is 12.5 Å². The number of rotatable bonds is 4. The van der Waals surface area contributed by atoms with Crippen LogP contribution in [0.2, 0.25) is 0 Å². The zero-order chi connectivity index (χ0) is 13.0. The maximum atomic E-state index is 13.2. The summed E-state index contributed by atoms with van der Waals surface area (Å²) in [6.07, 6.45) is -0.00356. The van der Waals surface area contributed by atoms with Gasteiger partial charge in [0.25, 0.3) is 0 Å². The fourth-order valence-corrected chi connectivity index (χ4v) is 1.33. The molecule has 1 aromatic carbocycles. The molecule has 1 rings (SSSR count). The van der Waals surface area contributed by atoms with E-state index in [-0.39, 0.29) is 30.4 Å². The molecule has 0 heterocycles. The molecular formula is C12H14F3NO. The standard InChI is InChI=1S/C12H14F3NO/c1-7(2)12(17)16-4-3-9-10(14)5-8(13)6-11(9)15/h5-7H,3-4H2,1-2H3,(H,16,17). The van der Waals surface area contributed by atoms with Crippen molar-refractivity contribution in [3.05, 3.63) is 35.1 Å². The molecule has 1 amide bonds. The van der Waals surface area contributed by atoms with Crippen LogP contribution in [0.25, 0.3) is 0 Å². The monoisotopic (exact) mass is 245 g/mol. The Bertz CT molecular complexity index is 395. The van der Waals surface area contributed by atoms with Gasteiger partial charge in [-0.2, -0.15) is 0 Å². The predicted molar refractivity (Wildman–Crippen MR) is 57.9 cm³/mol. The minimum Gasteiger partial charge on any atom is -0.356 e. The summed E-state index contributed by atoms with van der Waals surface area (Å²) in [4.78, 5) is 11.2. The van der Waals surface area contributed by atoms with Gasteiger partial charge in [0.2, 0.25) is 5.91 Å². The van der Waals surface area contributed by atoms with Gasteiger partial charge in [-0.3, -0.25) is 4.79 Å². The van der Waals surface area contributed by atoms with Gasteiger partial charge in [0, 0.05) is 30.2 Å². The Hall–Kier alpha value is -1.52. The van der Waals surface area contributed by atoms with Crippen molar-refractivity contribution in [1.29, 1.82) is 0 Å². The second-order valence-corrected chi connectivity index (χ2v) is 4.04. The minimum absolute atomic E-state index is 0.00356. The largest absolute Gasteiger partial charge is 0.356 e. The van der Waals surface area contributed by atoms with Crippen LogP contribution in [-0.2, 0) is 11.2 Å². The molecule has 0 fully saturated rings. The van der Waals surface area contributed by atoms with Crippen molar-refractivity contribution in [2.45, 2.75) is 20.3 Å². The van der Waals surface area contributed by atoms with E-state index in [1.165, 1.54) is 0 Å². The van der Waals surface area contributed by atoms with Gasteiger partial charge in [0.05, 0.1) is 0 Å². The summed E-state index contributed by atoms with van der Waals surface area (Å²) in [6, 6.07) is 1.26. The fraction of sp³-hybridized carbons (Fsp3) is 0.417. The molecule has 94 valence electrons. The third-order valence-corrected chi connectivity index (χ3v) is 2.30. The molecule has 0 bridgehead atoms. The summed E-state index contributed by atoms with van der Waals surface area (Å²) >= 11 is 0. The summed E-state index contributed by atoms with van der Waals surface area (Å²) in [5.41, 5.74) is -0.213. The van der Waals surface area contributed by atoms with E-state index in [4.69, 9.17) is 0 Å². The van der Waals surface area contributed by atoms with Crippen molar-refractivity contribution in [2.75, 3.05) is 6.54 Å². The van der Waals surface area contributed by atoms with E-state index < -0.39 is 17.5 Å². The molecule has 0 aromatic heterocycles. The number of hydrogen-bond acceptors (Lipinski definition) is 1. The second-order valence-electron chi connectivity index (χ2n) is 4.04. The van der Waals surface area contributed by atoms with Crippen molar-refractivity contribution in [2.24, 2.45) is 5.92 Å². The van der Waals surface area contributed by atoms with Crippen LogP contribution in [0.4, 0.5) is 13.2 Å². The van der Waals surface area contributed by atoms with E-state index in [1.54, 1.807) is 13.8 Å². The average molecular weight is 245 g/mol. The van der Waals surface area contributed by atoms with E-state index >= 15 is 0 Å². The first-order valence-corrected chi connectivity index (χ1v) is 5.33. The molecule has 0 spiro atoms. The van der Waals surface area contributed by atoms with Gasteiger partial charge >= 0.3 is 0 Å². The molecule has 0 radical (unpaired) electrons. The number of hydrogen-bond donors (Lipinski definition) is 1. The molecule has 2 nitrogen and oxygen atoms in total. The Morgan fingerprint density at radius 1 is 1.24 bits per heavy atom. The Morgan fingerprint density at radius 2 is 1.76 bits per heavy atom. The van der Waals surface area contributed by atoms with Crippen molar-refractivity contribution < 1.29 is 18.0 Å². The molecule has 0 aliphatic heterocycles. The van der Waals surface area contributed by atoms with Crippen molar-refractivity contribution in [3.63, 3.8) is 0 Å². The number of carbonyl (C=O) groups excluding carboxylic acids is 1. The van der Waals surface area contributed by atoms with Crippen LogP contribution >= 0.6 is 0 Å². The molecule has 0 saturated heterocycles. The first kappa shape index (κ1) is 13.5. The highest BCUT2D eigenvalue weighted by Crippen LogP contribution is 2.14. The lowest BCUT2D eigenvalue weighted by Crippen LogP contribution is -2.29. The molecule has 0 unspecified atom stereocenters. The van der Waals surface area contributed by atoms with Gasteiger partial charge in [-0.15, -0.1) is 0 Å². The molecule has 0 aliphatic carbocycles. The van der Waals surface area contributed by atoms with Crippen molar-refractivity contribution in [1.82, 2.24) is 5.32 Å².